The second kappa shape index (κ2) is 3.79. The highest BCUT2D eigenvalue weighted by molar-refractivity contribution is 6.35. The molecule has 1 N–H and O–H groups in total. The Hall–Kier alpha value is -0.990. The van der Waals surface area contributed by atoms with Crippen LogP contribution in [0.25, 0.3) is 11.0 Å². The van der Waals surface area contributed by atoms with Gasteiger partial charge in [-0.2, -0.15) is 0 Å². The first-order chi connectivity index (χ1) is 7.74. The molecule has 0 spiro atoms. The third-order valence-corrected chi connectivity index (χ3v) is 3.29. The molecule has 2 nitrogen and oxygen atoms in total. The van der Waals surface area contributed by atoms with E-state index in [4.69, 9.17) is 16.0 Å². The van der Waals surface area contributed by atoms with Crippen molar-refractivity contribution in [1.82, 2.24) is 5.32 Å². The zero-order valence-corrected chi connectivity index (χ0v) is 9.97. The summed E-state index contributed by atoms with van der Waals surface area (Å²) in [6.45, 7) is 2.92. The van der Waals surface area contributed by atoms with Gasteiger partial charge in [-0.25, -0.2) is 0 Å². The average Bonchev–Trinajstić information content (AvgIpc) is 2.97. The largest absolute Gasteiger partial charge is 0.462 e. The first-order valence-electron chi connectivity index (χ1n) is 5.63. The Morgan fingerprint density at radius 1 is 1.44 bits per heavy atom. The van der Waals surface area contributed by atoms with Crippen LogP contribution in [-0.2, 0) is 6.54 Å². The summed E-state index contributed by atoms with van der Waals surface area (Å²) in [5, 5.41) is 5.33. The number of benzene rings is 1. The molecule has 1 saturated carbocycles. The summed E-state index contributed by atoms with van der Waals surface area (Å²) in [7, 11) is 0. The molecule has 0 radical (unpaired) electrons. The van der Waals surface area contributed by atoms with Gasteiger partial charge in [0.1, 0.15) is 0 Å². The molecular weight excluding hydrogens is 222 g/mol. The first kappa shape index (κ1) is 10.2. The summed E-state index contributed by atoms with van der Waals surface area (Å²) in [6.07, 6.45) is 4.41. The highest BCUT2D eigenvalue weighted by Crippen LogP contribution is 2.30. The standard InChI is InChI=1S/C13H14ClNO/c1-8-4-11-9(6-15-10-2-3-10)7-16-13(11)12(14)5-8/h4-5,7,10,15H,2-3,6H2,1H3. The molecule has 1 aliphatic rings. The summed E-state index contributed by atoms with van der Waals surface area (Å²) < 4.78 is 5.52. The summed E-state index contributed by atoms with van der Waals surface area (Å²) in [4.78, 5) is 0. The molecule has 1 fully saturated rings. The van der Waals surface area contributed by atoms with Crippen LogP contribution in [0.4, 0.5) is 0 Å². The molecule has 0 saturated heterocycles. The van der Waals surface area contributed by atoms with Gasteiger partial charge in [0, 0.05) is 23.5 Å². The lowest BCUT2D eigenvalue weighted by Gasteiger charge is -2.01. The van der Waals surface area contributed by atoms with Gasteiger partial charge in [0.15, 0.2) is 5.58 Å². The molecule has 84 valence electrons. The van der Waals surface area contributed by atoms with Crippen LogP contribution in [0.1, 0.15) is 24.0 Å². The Morgan fingerprint density at radius 3 is 3.00 bits per heavy atom. The van der Waals surface area contributed by atoms with E-state index in [1.807, 2.05) is 12.3 Å². The van der Waals surface area contributed by atoms with Crippen molar-refractivity contribution in [2.45, 2.75) is 32.4 Å². The van der Waals surface area contributed by atoms with Gasteiger partial charge in [-0.15, -0.1) is 0 Å². The maximum absolute atomic E-state index is 6.14. The minimum atomic E-state index is 0.702. The Labute approximate surface area is 99.6 Å². The molecule has 3 rings (SSSR count). The lowest BCUT2D eigenvalue weighted by atomic mass is 10.1. The molecule has 0 bridgehead atoms. The van der Waals surface area contributed by atoms with Gasteiger partial charge in [-0.3, -0.25) is 0 Å². The van der Waals surface area contributed by atoms with E-state index in [2.05, 4.69) is 18.3 Å². The van der Waals surface area contributed by atoms with Gasteiger partial charge >= 0.3 is 0 Å². The van der Waals surface area contributed by atoms with E-state index in [9.17, 15) is 0 Å². The van der Waals surface area contributed by atoms with E-state index in [1.54, 1.807) is 0 Å². The van der Waals surface area contributed by atoms with Gasteiger partial charge < -0.3 is 9.73 Å². The van der Waals surface area contributed by atoms with Crippen molar-refractivity contribution < 1.29 is 4.42 Å². The van der Waals surface area contributed by atoms with Gasteiger partial charge in [0.25, 0.3) is 0 Å². The van der Waals surface area contributed by atoms with Crippen molar-refractivity contribution in [3.63, 3.8) is 0 Å². The zero-order valence-electron chi connectivity index (χ0n) is 9.22. The van der Waals surface area contributed by atoms with Gasteiger partial charge in [0.2, 0.25) is 0 Å². The number of nitrogens with one attached hydrogen (secondary N) is 1. The van der Waals surface area contributed by atoms with Crippen LogP contribution < -0.4 is 5.32 Å². The number of hydrogen-bond acceptors (Lipinski definition) is 2. The number of fused-ring (bicyclic) bond motifs is 1. The molecule has 0 aliphatic heterocycles. The van der Waals surface area contributed by atoms with Crippen LogP contribution in [0.15, 0.2) is 22.8 Å². The lowest BCUT2D eigenvalue weighted by molar-refractivity contribution is 0.601. The van der Waals surface area contributed by atoms with E-state index in [0.29, 0.717) is 11.1 Å². The van der Waals surface area contributed by atoms with Crippen LogP contribution >= 0.6 is 11.6 Å². The van der Waals surface area contributed by atoms with E-state index in [1.165, 1.54) is 24.0 Å². The minimum absolute atomic E-state index is 0.702. The third-order valence-electron chi connectivity index (χ3n) is 3.01. The number of halogens is 1. The lowest BCUT2D eigenvalue weighted by Crippen LogP contribution is -2.14. The highest BCUT2D eigenvalue weighted by Gasteiger charge is 2.21. The maximum Gasteiger partial charge on any atom is 0.152 e. The van der Waals surface area contributed by atoms with Crippen molar-refractivity contribution >= 4 is 22.6 Å². The number of aryl methyl sites for hydroxylation is 1. The quantitative estimate of drug-likeness (QED) is 0.879. The Bertz CT molecular complexity index is 528. The smallest absolute Gasteiger partial charge is 0.152 e. The van der Waals surface area contributed by atoms with E-state index in [-0.39, 0.29) is 0 Å². The Morgan fingerprint density at radius 2 is 2.25 bits per heavy atom. The van der Waals surface area contributed by atoms with Crippen molar-refractivity contribution in [3.8, 4) is 0 Å². The zero-order chi connectivity index (χ0) is 11.1. The number of hydrogen-bond donors (Lipinski definition) is 1. The van der Waals surface area contributed by atoms with E-state index in [0.717, 1.165) is 17.5 Å². The monoisotopic (exact) mass is 235 g/mol. The fourth-order valence-electron chi connectivity index (χ4n) is 1.96. The topological polar surface area (TPSA) is 25.2 Å². The molecule has 2 aromatic rings. The SMILES string of the molecule is Cc1cc(Cl)c2occ(CNC3CC3)c2c1. The fourth-order valence-corrected chi connectivity index (χ4v) is 2.28. The Kier molecular flexibility index (Phi) is 2.41. The van der Waals surface area contributed by atoms with Gasteiger partial charge in [-0.05, 0) is 37.5 Å². The molecule has 0 amide bonds. The summed E-state index contributed by atoms with van der Waals surface area (Å²) >= 11 is 6.14. The third kappa shape index (κ3) is 1.83. The van der Waals surface area contributed by atoms with Gasteiger partial charge in [0.05, 0.1) is 11.3 Å². The first-order valence-corrected chi connectivity index (χ1v) is 6.01. The predicted molar refractivity (Wildman–Crippen MR) is 65.8 cm³/mol. The van der Waals surface area contributed by atoms with E-state index < -0.39 is 0 Å². The molecule has 1 aliphatic carbocycles. The minimum Gasteiger partial charge on any atom is -0.462 e. The van der Waals surface area contributed by atoms with E-state index >= 15 is 0 Å². The number of furan rings is 1. The molecule has 1 aromatic carbocycles. The molecule has 1 heterocycles. The molecule has 0 unspecified atom stereocenters. The molecule has 3 heteroatoms. The number of rotatable bonds is 3. The molecule has 0 atom stereocenters. The van der Waals surface area contributed by atoms with Crippen molar-refractivity contribution in [2.24, 2.45) is 0 Å². The summed E-state index contributed by atoms with van der Waals surface area (Å²) in [5.74, 6) is 0. The van der Waals surface area contributed by atoms with Crippen molar-refractivity contribution in [1.29, 1.82) is 0 Å². The second-order valence-corrected chi connectivity index (χ2v) is 4.95. The maximum atomic E-state index is 6.14. The van der Waals surface area contributed by atoms with Crippen molar-refractivity contribution in [2.75, 3.05) is 0 Å². The Balaban J connectivity index is 1.97. The molecule has 16 heavy (non-hydrogen) atoms. The normalized spacial score (nSPS) is 15.9. The average molecular weight is 236 g/mol. The summed E-state index contributed by atoms with van der Waals surface area (Å²) in [5.41, 5.74) is 3.18. The van der Waals surface area contributed by atoms with Crippen molar-refractivity contribution in [3.05, 3.63) is 34.5 Å². The molecule has 1 aromatic heterocycles. The van der Waals surface area contributed by atoms with Crippen LogP contribution in [0.5, 0.6) is 0 Å². The predicted octanol–water partition coefficient (Wildman–Crippen LogP) is 3.65. The highest BCUT2D eigenvalue weighted by atomic mass is 35.5. The second-order valence-electron chi connectivity index (χ2n) is 4.54. The van der Waals surface area contributed by atoms with Crippen LogP contribution in [0, 0.1) is 6.92 Å². The summed E-state index contributed by atoms with van der Waals surface area (Å²) in [6, 6.07) is 4.78. The van der Waals surface area contributed by atoms with Crippen LogP contribution in [0.2, 0.25) is 5.02 Å². The van der Waals surface area contributed by atoms with Crippen LogP contribution in [-0.4, -0.2) is 6.04 Å². The fraction of sp³-hybridized carbons (Fsp3) is 0.385. The van der Waals surface area contributed by atoms with Crippen LogP contribution in [0.3, 0.4) is 0 Å². The molecular formula is C13H14ClNO. The van der Waals surface area contributed by atoms with Gasteiger partial charge in [-0.1, -0.05) is 11.6 Å².